The molecule has 1 N–H and O–H groups in total. The van der Waals surface area contributed by atoms with E-state index in [2.05, 4.69) is 15.3 Å². The normalized spacial score (nSPS) is 12.6. The van der Waals surface area contributed by atoms with Crippen LogP contribution < -0.4 is 10.1 Å². The van der Waals surface area contributed by atoms with Crippen LogP contribution in [0, 0.1) is 11.3 Å². The molecule has 0 aliphatic carbocycles. The van der Waals surface area contributed by atoms with Crippen LogP contribution in [0.5, 0.6) is 5.75 Å². The van der Waals surface area contributed by atoms with Gasteiger partial charge in [0.2, 0.25) is 5.82 Å². The average molecular weight is 434 g/mol. The molecule has 2 aromatic carbocycles. The second-order valence-electron chi connectivity index (χ2n) is 7.05. The van der Waals surface area contributed by atoms with Crippen LogP contribution in [-0.4, -0.2) is 34.1 Å². The van der Waals surface area contributed by atoms with Crippen molar-refractivity contribution in [2.75, 3.05) is 18.4 Å². The van der Waals surface area contributed by atoms with Gasteiger partial charge in [0.1, 0.15) is 17.6 Å². The van der Waals surface area contributed by atoms with E-state index in [-0.39, 0.29) is 5.82 Å². The molecular weight excluding hydrogens is 414 g/mol. The van der Waals surface area contributed by atoms with Crippen LogP contribution in [-0.2, 0) is 19.4 Å². The Hall–Kier alpha value is -3.63. The summed E-state index contributed by atoms with van der Waals surface area (Å²) < 4.78 is 5.46. The summed E-state index contributed by atoms with van der Waals surface area (Å²) in [6.07, 6.45) is 0.790. The monoisotopic (exact) mass is 433 g/mol. The summed E-state index contributed by atoms with van der Waals surface area (Å²) in [5.41, 5.74) is 2.60. The molecule has 0 radical (unpaired) electrons. The molecular formula is C23H20ClN5O2. The van der Waals surface area contributed by atoms with Crippen LogP contribution in [0.2, 0.25) is 5.02 Å². The van der Waals surface area contributed by atoms with Crippen LogP contribution >= 0.6 is 11.6 Å². The van der Waals surface area contributed by atoms with Crippen molar-refractivity contribution in [3.63, 3.8) is 0 Å². The summed E-state index contributed by atoms with van der Waals surface area (Å²) >= 11 is 6.23. The van der Waals surface area contributed by atoms with Gasteiger partial charge >= 0.3 is 6.09 Å². The number of hydrogen-bond donors (Lipinski definition) is 1. The molecule has 3 aromatic rings. The number of nitriles is 1. The van der Waals surface area contributed by atoms with Crippen LogP contribution in [0.15, 0.2) is 54.6 Å². The van der Waals surface area contributed by atoms with E-state index in [1.165, 1.54) is 0 Å². The number of rotatable bonds is 5. The molecule has 31 heavy (non-hydrogen) atoms. The lowest BCUT2D eigenvalue weighted by molar-refractivity contribution is 0.146. The minimum atomic E-state index is -0.428. The zero-order valence-corrected chi connectivity index (χ0v) is 17.5. The minimum absolute atomic E-state index is 0.110. The Labute approximate surface area is 185 Å². The molecule has 0 spiro atoms. The number of ether oxygens (including phenoxy) is 1. The third kappa shape index (κ3) is 4.93. The molecule has 8 heteroatoms. The molecule has 0 saturated carbocycles. The predicted octanol–water partition coefficient (Wildman–Crippen LogP) is 4.21. The number of hydrogen-bond acceptors (Lipinski definition) is 6. The molecule has 4 rings (SSSR count). The maximum Gasteiger partial charge on any atom is 0.415 e. The number of anilines is 1. The fourth-order valence-electron chi connectivity index (χ4n) is 3.44. The Bertz CT molecular complexity index is 1130. The third-order valence-electron chi connectivity index (χ3n) is 5.01. The molecule has 0 saturated heterocycles. The van der Waals surface area contributed by atoms with E-state index in [1.807, 2.05) is 48.5 Å². The molecule has 1 aliphatic rings. The summed E-state index contributed by atoms with van der Waals surface area (Å²) in [7, 11) is 0. The highest BCUT2D eigenvalue weighted by atomic mass is 35.5. The third-order valence-corrected chi connectivity index (χ3v) is 5.38. The Morgan fingerprint density at radius 2 is 1.94 bits per heavy atom. The number of aromatic nitrogens is 2. The molecule has 156 valence electrons. The summed E-state index contributed by atoms with van der Waals surface area (Å²) in [5, 5.41) is 13.3. The number of carbonyl (C=O) groups is 1. The van der Waals surface area contributed by atoms with Crippen LogP contribution in [0.4, 0.5) is 10.6 Å². The van der Waals surface area contributed by atoms with E-state index in [4.69, 9.17) is 16.3 Å². The molecule has 0 fully saturated rings. The van der Waals surface area contributed by atoms with Crippen molar-refractivity contribution in [3.8, 4) is 11.8 Å². The fourth-order valence-corrected chi connectivity index (χ4v) is 3.67. The van der Waals surface area contributed by atoms with Crippen molar-refractivity contribution in [1.82, 2.24) is 14.9 Å². The predicted molar refractivity (Wildman–Crippen MR) is 117 cm³/mol. The first-order valence-corrected chi connectivity index (χ1v) is 10.3. The Morgan fingerprint density at radius 3 is 2.71 bits per heavy atom. The van der Waals surface area contributed by atoms with E-state index in [1.54, 1.807) is 17.0 Å². The van der Waals surface area contributed by atoms with Gasteiger partial charge in [0.25, 0.3) is 0 Å². The maximum atomic E-state index is 12.6. The van der Waals surface area contributed by atoms with Crippen molar-refractivity contribution < 1.29 is 9.53 Å². The van der Waals surface area contributed by atoms with Gasteiger partial charge in [-0.3, -0.25) is 0 Å². The first-order valence-electron chi connectivity index (χ1n) is 9.93. The van der Waals surface area contributed by atoms with Crippen LogP contribution in [0.3, 0.4) is 0 Å². The van der Waals surface area contributed by atoms with Crippen LogP contribution in [0.1, 0.15) is 22.6 Å². The quantitative estimate of drug-likeness (QED) is 0.648. The van der Waals surface area contributed by atoms with Crippen molar-refractivity contribution >= 4 is 23.5 Å². The minimum Gasteiger partial charge on any atom is -0.410 e. The molecule has 2 heterocycles. The number of fused-ring (bicyclic) bond motifs is 1. The fraction of sp³-hybridized carbons (Fsp3) is 0.217. The average Bonchev–Trinajstić information content (AvgIpc) is 2.80. The number of amides is 1. The molecule has 1 amide bonds. The van der Waals surface area contributed by atoms with Gasteiger partial charge in [-0.15, -0.1) is 0 Å². The first-order chi connectivity index (χ1) is 15.1. The van der Waals surface area contributed by atoms with Gasteiger partial charge in [-0.2, -0.15) is 5.26 Å². The lowest BCUT2D eigenvalue weighted by Crippen LogP contribution is -2.39. The van der Waals surface area contributed by atoms with E-state index >= 15 is 0 Å². The first kappa shape index (κ1) is 20.6. The summed E-state index contributed by atoms with van der Waals surface area (Å²) in [6.45, 7) is 1.34. The van der Waals surface area contributed by atoms with E-state index in [0.717, 1.165) is 16.8 Å². The number of halogens is 1. The second-order valence-corrected chi connectivity index (χ2v) is 7.46. The number of carbonyl (C=O) groups excluding carboxylic acids is 1. The lowest BCUT2D eigenvalue weighted by Gasteiger charge is -2.28. The lowest BCUT2D eigenvalue weighted by atomic mass is 10.1. The van der Waals surface area contributed by atoms with Crippen molar-refractivity contribution in [1.29, 1.82) is 5.26 Å². The smallest absolute Gasteiger partial charge is 0.410 e. The van der Waals surface area contributed by atoms with Crippen molar-refractivity contribution in [2.45, 2.75) is 19.4 Å². The molecule has 7 nitrogen and oxygen atoms in total. The standard InChI is InChI=1S/C23H20ClN5O2/c24-19-9-5-4-6-16(19)10-12-26-22-18-15-29(13-11-20(18)27-21(14-25)28-22)23(30)31-17-7-2-1-3-8-17/h1-9H,10-13,15H2,(H,26,27,28). The topological polar surface area (TPSA) is 91.1 Å². The highest BCUT2D eigenvalue weighted by Gasteiger charge is 2.26. The largest absolute Gasteiger partial charge is 0.415 e. The Morgan fingerprint density at radius 1 is 1.16 bits per heavy atom. The summed E-state index contributed by atoms with van der Waals surface area (Å²) in [4.78, 5) is 22.9. The molecule has 0 bridgehead atoms. The van der Waals surface area contributed by atoms with Gasteiger partial charge in [0.05, 0.1) is 12.2 Å². The van der Waals surface area contributed by atoms with E-state index in [9.17, 15) is 10.1 Å². The number of para-hydroxylation sites is 1. The molecule has 1 aromatic heterocycles. The molecule has 0 atom stereocenters. The van der Waals surface area contributed by atoms with Crippen molar-refractivity contribution in [3.05, 3.63) is 82.3 Å². The van der Waals surface area contributed by atoms with Crippen molar-refractivity contribution in [2.24, 2.45) is 0 Å². The molecule has 0 unspecified atom stereocenters. The SMILES string of the molecule is N#Cc1nc2c(c(NCCc3ccccc3Cl)n1)CN(C(=O)Oc1ccccc1)CC2. The number of nitrogens with one attached hydrogen (secondary N) is 1. The zero-order chi connectivity index (χ0) is 21.6. The number of benzene rings is 2. The zero-order valence-electron chi connectivity index (χ0n) is 16.7. The van der Waals surface area contributed by atoms with E-state index in [0.29, 0.717) is 49.1 Å². The second kappa shape index (κ2) is 9.45. The highest BCUT2D eigenvalue weighted by molar-refractivity contribution is 6.31. The summed E-state index contributed by atoms with van der Waals surface area (Å²) in [6, 6.07) is 18.6. The van der Waals surface area contributed by atoms with E-state index < -0.39 is 6.09 Å². The molecule has 1 aliphatic heterocycles. The van der Waals surface area contributed by atoms with Gasteiger partial charge in [-0.1, -0.05) is 48.0 Å². The van der Waals surface area contributed by atoms with Gasteiger partial charge in [-0.25, -0.2) is 14.8 Å². The Kier molecular flexibility index (Phi) is 6.29. The number of nitrogens with zero attached hydrogens (tertiary/aromatic N) is 4. The van der Waals surface area contributed by atoms with Gasteiger partial charge in [0.15, 0.2) is 0 Å². The highest BCUT2D eigenvalue weighted by Crippen LogP contribution is 2.25. The van der Waals surface area contributed by atoms with Gasteiger partial charge in [-0.05, 0) is 30.2 Å². The maximum absolute atomic E-state index is 12.6. The summed E-state index contributed by atoms with van der Waals surface area (Å²) in [5.74, 6) is 1.16. The Balaban J connectivity index is 1.49. The van der Waals surface area contributed by atoms with Crippen LogP contribution in [0.25, 0.3) is 0 Å². The van der Waals surface area contributed by atoms with Gasteiger partial charge in [0, 0.05) is 30.1 Å². The van der Waals surface area contributed by atoms with Gasteiger partial charge < -0.3 is 15.0 Å².